The second-order valence-electron chi connectivity index (χ2n) is 4.06. The zero-order chi connectivity index (χ0) is 15.3. The average Bonchev–Trinajstić information content (AvgIpc) is 2.49. The number of nitriles is 1. The number of nitrogens with zero attached hydrogens (tertiary/aromatic N) is 2. The number of nitrogens with one attached hydrogen (secondary N) is 1. The molecule has 0 fully saturated rings. The normalized spacial score (nSPS) is 10.7. The minimum Gasteiger partial charge on any atom is -0.478 e. The van der Waals surface area contributed by atoms with Gasteiger partial charge in [-0.1, -0.05) is 0 Å². The SMILES string of the molecule is CCOc1ccc(NS(=O)(=O)c2ccc(C#N)cc2)cn1. The maximum atomic E-state index is 12.2. The van der Waals surface area contributed by atoms with E-state index in [1.165, 1.54) is 30.5 Å². The Morgan fingerprint density at radius 3 is 2.48 bits per heavy atom. The number of aromatic nitrogens is 1. The molecule has 0 amide bonds. The van der Waals surface area contributed by atoms with Crippen LogP contribution in [0.2, 0.25) is 0 Å². The summed E-state index contributed by atoms with van der Waals surface area (Å²) in [5, 5.41) is 8.70. The fourth-order valence-corrected chi connectivity index (χ4v) is 2.64. The van der Waals surface area contributed by atoms with E-state index < -0.39 is 10.0 Å². The number of hydrogen-bond acceptors (Lipinski definition) is 5. The van der Waals surface area contributed by atoms with E-state index >= 15 is 0 Å². The van der Waals surface area contributed by atoms with E-state index in [4.69, 9.17) is 10.00 Å². The molecule has 0 spiro atoms. The summed E-state index contributed by atoms with van der Waals surface area (Å²) in [4.78, 5) is 4.06. The highest BCUT2D eigenvalue weighted by Crippen LogP contribution is 2.17. The Labute approximate surface area is 123 Å². The summed E-state index contributed by atoms with van der Waals surface area (Å²) in [6.07, 6.45) is 1.38. The van der Waals surface area contributed by atoms with Crippen LogP contribution in [-0.2, 0) is 10.0 Å². The molecule has 0 saturated carbocycles. The molecule has 0 saturated heterocycles. The molecular weight excluding hydrogens is 290 g/mol. The van der Waals surface area contributed by atoms with Crippen molar-refractivity contribution in [3.63, 3.8) is 0 Å². The lowest BCUT2D eigenvalue weighted by Crippen LogP contribution is -2.13. The largest absolute Gasteiger partial charge is 0.478 e. The van der Waals surface area contributed by atoms with Crippen molar-refractivity contribution in [3.05, 3.63) is 48.2 Å². The van der Waals surface area contributed by atoms with E-state index in [9.17, 15) is 8.42 Å². The van der Waals surface area contributed by atoms with Crippen LogP contribution in [0, 0.1) is 11.3 Å². The fourth-order valence-electron chi connectivity index (χ4n) is 1.60. The Balaban J connectivity index is 2.18. The molecule has 2 aromatic rings. The van der Waals surface area contributed by atoms with E-state index in [0.29, 0.717) is 23.7 Å². The Hall–Kier alpha value is -2.59. The van der Waals surface area contributed by atoms with Crippen LogP contribution in [0.4, 0.5) is 5.69 Å². The molecular formula is C14H13N3O3S. The Morgan fingerprint density at radius 2 is 1.95 bits per heavy atom. The predicted molar refractivity (Wildman–Crippen MR) is 77.4 cm³/mol. The summed E-state index contributed by atoms with van der Waals surface area (Å²) in [6, 6.07) is 10.7. The Morgan fingerprint density at radius 1 is 1.24 bits per heavy atom. The second kappa shape index (κ2) is 6.24. The molecule has 0 bridgehead atoms. The minimum atomic E-state index is -3.70. The van der Waals surface area contributed by atoms with E-state index in [2.05, 4.69) is 9.71 Å². The topological polar surface area (TPSA) is 92.1 Å². The van der Waals surface area contributed by atoms with Gasteiger partial charge in [0, 0.05) is 6.07 Å². The molecule has 7 heteroatoms. The van der Waals surface area contributed by atoms with E-state index in [-0.39, 0.29) is 4.90 Å². The summed E-state index contributed by atoms with van der Waals surface area (Å²) in [6.45, 7) is 2.33. The zero-order valence-corrected chi connectivity index (χ0v) is 12.1. The van der Waals surface area contributed by atoms with Crippen molar-refractivity contribution in [3.8, 4) is 11.9 Å². The molecule has 0 aliphatic carbocycles. The minimum absolute atomic E-state index is 0.0791. The second-order valence-corrected chi connectivity index (χ2v) is 5.74. The molecule has 0 aliphatic rings. The highest BCUT2D eigenvalue weighted by molar-refractivity contribution is 7.92. The Kier molecular flexibility index (Phi) is 4.40. The third-order valence-electron chi connectivity index (χ3n) is 2.57. The molecule has 0 radical (unpaired) electrons. The summed E-state index contributed by atoms with van der Waals surface area (Å²) < 4.78 is 31.9. The van der Waals surface area contributed by atoms with E-state index in [1.807, 2.05) is 13.0 Å². The van der Waals surface area contributed by atoms with Crippen molar-refractivity contribution in [1.82, 2.24) is 4.98 Å². The average molecular weight is 303 g/mol. The van der Waals surface area contributed by atoms with Crippen molar-refractivity contribution >= 4 is 15.7 Å². The molecule has 1 heterocycles. The van der Waals surface area contributed by atoms with Gasteiger partial charge in [-0.05, 0) is 37.3 Å². The maximum absolute atomic E-state index is 12.2. The molecule has 0 aliphatic heterocycles. The summed E-state index contributed by atoms with van der Waals surface area (Å²) in [5.41, 5.74) is 0.736. The van der Waals surface area contributed by atoms with Gasteiger partial charge < -0.3 is 4.74 Å². The first-order valence-corrected chi connectivity index (χ1v) is 7.65. The van der Waals surface area contributed by atoms with Crippen molar-refractivity contribution in [2.45, 2.75) is 11.8 Å². The lowest BCUT2D eigenvalue weighted by atomic mass is 10.2. The maximum Gasteiger partial charge on any atom is 0.261 e. The number of ether oxygens (including phenoxy) is 1. The number of pyridine rings is 1. The third-order valence-corrected chi connectivity index (χ3v) is 3.97. The molecule has 108 valence electrons. The van der Waals surface area contributed by atoms with Crippen LogP contribution >= 0.6 is 0 Å². The van der Waals surface area contributed by atoms with Crippen molar-refractivity contribution in [2.75, 3.05) is 11.3 Å². The first kappa shape index (κ1) is 14.8. The summed E-state index contributed by atoms with van der Waals surface area (Å²) >= 11 is 0. The van der Waals surface area contributed by atoms with Crippen LogP contribution in [-0.4, -0.2) is 20.0 Å². The molecule has 1 aromatic heterocycles. The lowest BCUT2D eigenvalue weighted by Gasteiger charge is -2.08. The molecule has 1 aromatic carbocycles. The smallest absolute Gasteiger partial charge is 0.261 e. The molecule has 0 atom stereocenters. The molecule has 0 unspecified atom stereocenters. The number of benzene rings is 1. The number of anilines is 1. The van der Waals surface area contributed by atoms with Gasteiger partial charge in [-0.3, -0.25) is 4.72 Å². The monoisotopic (exact) mass is 303 g/mol. The fraction of sp³-hybridized carbons (Fsp3) is 0.143. The molecule has 1 N–H and O–H groups in total. The first-order chi connectivity index (χ1) is 10.0. The summed E-state index contributed by atoms with van der Waals surface area (Å²) in [7, 11) is -3.70. The van der Waals surface area contributed by atoms with E-state index in [0.717, 1.165) is 0 Å². The highest BCUT2D eigenvalue weighted by atomic mass is 32.2. The van der Waals surface area contributed by atoms with Gasteiger partial charge in [0.1, 0.15) is 0 Å². The van der Waals surface area contributed by atoms with Gasteiger partial charge in [-0.25, -0.2) is 13.4 Å². The van der Waals surface area contributed by atoms with Gasteiger partial charge in [-0.15, -0.1) is 0 Å². The van der Waals surface area contributed by atoms with Crippen LogP contribution in [0.25, 0.3) is 0 Å². The van der Waals surface area contributed by atoms with E-state index in [1.54, 1.807) is 12.1 Å². The number of hydrogen-bond donors (Lipinski definition) is 1. The van der Waals surface area contributed by atoms with Gasteiger partial charge >= 0.3 is 0 Å². The van der Waals surface area contributed by atoms with Gasteiger partial charge in [-0.2, -0.15) is 5.26 Å². The van der Waals surface area contributed by atoms with Crippen LogP contribution in [0.15, 0.2) is 47.5 Å². The van der Waals surface area contributed by atoms with Crippen LogP contribution < -0.4 is 9.46 Å². The van der Waals surface area contributed by atoms with Crippen LogP contribution in [0.3, 0.4) is 0 Å². The van der Waals surface area contributed by atoms with Crippen molar-refractivity contribution < 1.29 is 13.2 Å². The van der Waals surface area contributed by atoms with Crippen molar-refractivity contribution in [2.24, 2.45) is 0 Å². The third kappa shape index (κ3) is 3.70. The highest BCUT2D eigenvalue weighted by Gasteiger charge is 2.14. The van der Waals surface area contributed by atoms with Gasteiger partial charge in [0.05, 0.1) is 35.0 Å². The standard InChI is InChI=1S/C14H13N3O3S/c1-2-20-14-8-5-12(10-16-14)17-21(18,19)13-6-3-11(9-15)4-7-13/h3-8,10,17H,2H2,1H3. The first-order valence-electron chi connectivity index (χ1n) is 6.17. The lowest BCUT2D eigenvalue weighted by molar-refractivity contribution is 0.327. The number of rotatable bonds is 5. The molecule has 2 rings (SSSR count). The van der Waals surface area contributed by atoms with Gasteiger partial charge in [0.25, 0.3) is 10.0 Å². The predicted octanol–water partition coefficient (Wildman–Crippen LogP) is 2.15. The molecule has 6 nitrogen and oxygen atoms in total. The van der Waals surface area contributed by atoms with Crippen LogP contribution in [0.1, 0.15) is 12.5 Å². The molecule has 21 heavy (non-hydrogen) atoms. The van der Waals surface area contributed by atoms with Gasteiger partial charge in [0.15, 0.2) is 0 Å². The quantitative estimate of drug-likeness (QED) is 0.913. The number of sulfonamides is 1. The van der Waals surface area contributed by atoms with Gasteiger partial charge in [0.2, 0.25) is 5.88 Å². The van der Waals surface area contributed by atoms with Crippen molar-refractivity contribution in [1.29, 1.82) is 5.26 Å². The Bertz CT molecular complexity index is 748. The summed E-state index contributed by atoms with van der Waals surface area (Å²) in [5.74, 6) is 0.429. The zero-order valence-electron chi connectivity index (χ0n) is 11.3. The van der Waals surface area contributed by atoms with Crippen LogP contribution in [0.5, 0.6) is 5.88 Å².